The summed E-state index contributed by atoms with van der Waals surface area (Å²) in [6.45, 7) is 5.32. The van der Waals surface area contributed by atoms with Crippen molar-refractivity contribution >= 4 is 47.1 Å². The molecule has 338 valence electrons. The molecule has 1 aromatic heterocycles. The van der Waals surface area contributed by atoms with Gasteiger partial charge in [-0.1, -0.05) is 18.2 Å². The molecule has 7 heterocycles. The molecule has 0 bridgehead atoms. The van der Waals surface area contributed by atoms with Crippen LogP contribution in [0.3, 0.4) is 0 Å². The van der Waals surface area contributed by atoms with Crippen LogP contribution < -0.4 is 26.0 Å². The van der Waals surface area contributed by atoms with E-state index < -0.39 is 35.6 Å². The number of anilines is 2. The Morgan fingerprint density at radius 1 is 0.723 bits per heavy atom. The van der Waals surface area contributed by atoms with Gasteiger partial charge in [-0.2, -0.15) is 5.10 Å². The molecule has 2 atom stereocenters. The Labute approximate surface area is 377 Å². The number of urea groups is 1. The van der Waals surface area contributed by atoms with Crippen molar-refractivity contribution in [2.45, 2.75) is 76.3 Å². The van der Waals surface area contributed by atoms with Crippen molar-refractivity contribution in [3.8, 4) is 22.8 Å². The number of para-hydroxylation sites is 1. The number of hydrogen-bond donors (Lipinski definition) is 3. The summed E-state index contributed by atoms with van der Waals surface area (Å²) >= 11 is 0. The summed E-state index contributed by atoms with van der Waals surface area (Å²) in [4.78, 5) is 84.8. The lowest BCUT2D eigenvalue weighted by Crippen LogP contribution is -2.54. The molecular formula is C49H55N9O7. The maximum atomic E-state index is 13.8. The van der Waals surface area contributed by atoms with E-state index in [-0.39, 0.29) is 24.9 Å². The van der Waals surface area contributed by atoms with Gasteiger partial charge in [-0.25, -0.2) is 9.48 Å². The molecule has 4 aromatic rings. The summed E-state index contributed by atoms with van der Waals surface area (Å²) in [6, 6.07) is 21.7. The minimum Gasteiger partial charge on any atom is -0.457 e. The lowest BCUT2D eigenvalue weighted by molar-refractivity contribution is -0.136. The summed E-state index contributed by atoms with van der Waals surface area (Å²) in [5.41, 5.74) is 9.21. The van der Waals surface area contributed by atoms with Crippen molar-refractivity contribution in [1.29, 1.82) is 0 Å². The standard InChI is InChI=1S/C49H55N9O7/c50-44(60)42-43(33-6-9-36(10-7-33)65-35-4-2-1-3-5-35)53-58-39(14-21-51-45(42)58)32-19-26-56(27-20-32)49(64)55-24-17-31(18-25-55)28-30-15-22-54(23-16-30)34-8-11-37-38(29-34)48(63)57(47(37)62)40-12-13-41(59)52-46(40)61/h1-11,29-32,39-40,51H,12-28H2,(H2,50,60)(H,52,59,61). The average Bonchev–Trinajstić information content (AvgIpc) is 3.84. The van der Waals surface area contributed by atoms with Crippen LogP contribution in [0.15, 0.2) is 72.8 Å². The number of amides is 7. The van der Waals surface area contributed by atoms with E-state index in [1.54, 1.807) is 12.1 Å². The molecule has 0 radical (unpaired) electrons. The van der Waals surface area contributed by atoms with Crippen LogP contribution in [0, 0.1) is 17.8 Å². The number of likely N-dealkylation sites (tertiary alicyclic amines) is 2. The number of rotatable bonds is 9. The number of fused-ring (bicyclic) bond motifs is 2. The molecule has 0 aliphatic carbocycles. The van der Waals surface area contributed by atoms with E-state index >= 15 is 0 Å². The fourth-order valence-electron chi connectivity index (χ4n) is 11.1. The minimum absolute atomic E-state index is 0.0831. The topological polar surface area (TPSA) is 193 Å². The van der Waals surface area contributed by atoms with Gasteiger partial charge in [0.2, 0.25) is 11.8 Å². The number of nitrogens with zero attached hydrogens (tertiary/aromatic N) is 6. The Morgan fingerprint density at radius 2 is 1.37 bits per heavy atom. The number of imide groups is 2. The highest BCUT2D eigenvalue weighted by Crippen LogP contribution is 2.41. The number of hydrogen-bond acceptors (Lipinski definition) is 10. The molecule has 4 saturated heterocycles. The molecule has 0 spiro atoms. The number of carbonyl (C=O) groups excluding carboxylic acids is 6. The number of primary amides is 1. The number of aromatic nitrogens is 2. The second-order valence-electron chi connectivity index (χ2n) is 18.5. The Bertz CT molecular complexity index is 2500. The normalized spacial score (nSPS) is 22.1. The minimum atomic E-state index is -0.978. The van der Waals surface area contributed by atoms with Crippen LogP contribution in [0.2, 0.25) is 0 Å². The molecule has 7 amide bonds. The van der Waals surface area contributed by atoms with Gasteiger partial charge in [-0.15, -0.1) is 0 Å². The summed E-state index contributed by atoms with van der Waals surface area (Å²) < 4.78 is 7.95. The Morgan fingerprint density at radius 3 is 2.05 bits per heavy atom. The van der Waals surface area contributed by atoms with Crippen molar-refractivity contribution in [2.75, 3.05) is 56.0 Å². The third-order valence-corrected chi connectivity index (χ3v) is 14.6. The summed E-state index contributed by atoms with van der Waals surface area (Å²) in [7, 11) is 0. The molecule has 16 heteroatoms. The first-order chi connectivity index (χ1) is 31.6. The Kier molecular flexibility index (Phi) is 11.5. The van der Waals surface area contributed by atoms with Gasteiger partial charge in [0.25, 0.3) is 17.7 Å². The lowest BCUT2D eigenvalue weighted by Gasteiger charge is -2.42. The van der Waals surface area contributed by atoms with Crippen molar-refractivity contribution in [3.05, 3.63) is 89.5 Å². The van der Waals surface area contributed by atoms with Gasteiger partial charge >= 0.3 is 6.03 Å². The molecule has 6 aliphatic heterocycles. The molecule has 3 aromatic carbocycles. The highest BCUT2D eigenvalue weighted by Gasteiger charge is 2.45. The lowest BCUT2D eigenvalue weighted by atomic mass is 9.82. The van der Waals surface area contributed by atoms with Gasteiger partial charge in [0.05, 0.1) is 17.2 Å². The predicted molar refractivity (Wildman–Crippen MR) is 241 cm³/mol. The molecule has 0 saturated carbocycles. The van der Waals surface area contributed by atoms with Crippen molar-refractivity contribution in [3.63, 3.8) is 0 Å². The molecule has 65 heavy (non-hydrogen) atoms. The van der Waals surface area contributed by atoms with Crippen LogP contribution in [0.5, 0.6) is 11.5 Å². The van der Waals surface area contributed by atoms with Crippen molar-refractivity contribution in [1.82, 2.24) is 29.8 Å². The highest BCUT2D eigenvalue weighted by atomic mass is 16.5. The molecule has 10 rings (SSSR count). The first kappa shape index (κ1) is 42.3. The zero-order valence-corrected chi connectivity index (χ0v) is 36.5. The summed E-state index contributed by atoms with van der Waals surface area (Å²) in [6.07, 6.45) is 8.00. The number of carbonyl (C=O) groups is 6. The van der Waals surface area contributed by atoms with Crippen molar-refractivity contribution in [2.24, 2.45) is 23.5 Å². The van der Waals surface area contributed by atoms with E-state index in [0.29, 0.717) is 71.3 Å². The summed E-state index contributed by atoms with van der Waals surface area (Å²) in [5, 5.41) is 10.7. The van der Waals surface area contributed by atoms with E-state index in [0.717, 1.165) is 99.4 Å². The maximum Gasteiger partial charge on any atom is 0.319 e. The largest absolute Gasteiger partial charge is 0.457 e. The summed E-state index contributed by atoms with van der Waals surface area (Å²) in [5.74, 6) is 1.04. The molecule has 6 aliphatic rings. The predicted octanol–water partition coefficient (Wildman–Crippen LogP) is 6.05. The second-order valence-corrected chi connectivity index (χ2v) is 18.5. The maximum absolute atomic E-state index is 13.8. The number of benzene rings is 3. The first-order valence-electron chi connectivity index (χ1n) is 23.2. The monoisotopic (exact) mass is 881 g/mol. The zero-order valence-electron chi connectivity index (χ0n) is 36.5. The van der Waals surface area contributed by atoms with Crippen LogP contribution in [0.25, 0.3) is 11.3 Å². The number of nitrogens with two attached hydrogens (primary N) is 1. The SMILES string of the molecule is NC(=O)c1c(-c2ccc(Oc3ccccc3)cc2)nn2c1NCCC2C1CCN(C(=O)N2CCC(CC3CCN(c4ccc5c(c4)C(=O)N(C4CCC(=O)NC4=O)C5=O)CC3)CC2)CC1. The quantitative estimate of drug-likeness (QED) is 0.167. The average molecular weight is 882 g/mol. The van der Waals surface area contributed by atoms with Crippen molar-refractivity contribution < 1.29 is 33.5 Å². The Balaban J connectivity index is 0.690. The van der Waals surface area contributed by atoms with Gasteiger partial charge in [0.15, 0.2) is 0 Å². The van der Waals surface area contributed by atoms with Crippen LogP contribution in [0.1, 0.15) is 101 Å². The molecule has 4 N–H and O–H groups in total. The highest BCUT2D eigenvalue weighted by molar-refractivity contribution is 6.23. The fraction of sp³-hybridized carbons (Fsp3) is 0.449. The third-order valence-electron chi connectivity index (χ3n) is 14.6. The van der Waals surface area contributed by atoms with E-state index in [9.17, 15) is 28.8 Å². The van der Waals surface area contributed by atoms with E-state index in [1.807, 2.05) is 75.1 Å². The van der Waals surface area contributed by atoms with Crippen LogP contribution >= 0.6 is 0 Å². The smallest absolute Gasteiger partial charge is 0.319 e. The fourth-order valence-corrected chi connectivity index (χ4v) is 11.1. The zero-order chi connectivity index (χ0) is 44.8. The van der Waals surface area contributed by atoms with Crippen LogP contribution in [-0.2, 0) is 9.59 Å². The van der Waals surface area contributed by atoms with Gasteiger partial charge < -0.3 is 30.5 Å². The van der Waals surface area contributed by atoms with Gasteiger partial charge in [0, 0.05) is 63.5 Å². The molecule has 4 fully saturated rings. The second kappa shape index (κ2) is 17.7. The van der Waals surface area contributed by atoms with Crippen LogP contribution in [0.4, 0.5) is 16.3 Å². The molecular weight excluding hydrogens is 827 g/mol. The van der Waals surface area contributed by atoms with E-state index in [2.05, 4.69) is 15.5 Å². The molecule has 2 unspecified atom stereocenters. The first-order valence-corrected chi connectivity index (χ1v) is 23.2. The van der Waals surface area contributed by atoms with E-state index in [1.165, 1.54) is 0 Å². The Hall–Kier alpha value is -6.71. The number of piperidine rings is 4. The van der Waals surface area contributed by atoms with Gasteiger partial charge in [0.1, 0.15) is 34.6 Å². The van der Waals surface area contributed by atoms with Crippen LogP contribution in [-0.4, -0.2) is 112 Å². The van der Waals surface area contributed by atoms with E-state index in [4.69, 9.17) is 15.6 Å². The number of ether oxygens (including phenoxy) is 1. The van der Waals surface area contributed by atoms with Gasteiger partial charge in [-0.05, 0) is 130 Å². The third kappa shape index (κ3) is 8.30. The number of nitrogens with one attached hydrogen (secondary N) is 2. The molecule has 16 nitrogen and oxygen atoms in total. The van der Waals surface area contributed by atoms with Gasteiger partial charge in [-0.3, -0.25) is 34.2 Å².